The van der Waals surface area contributed by atoms with Crippen LogP contribution < -0.4 is 5.01 Å². The number of benzene rings is 1. The first kappa shape index (κ1) is 29.4. The molecule has 1 saturated heterocycles. The van der Waals surface area contributed by atoms with Gasteiger partial charge in [-0.25, -0.2) is 14.8 Å². The van der Waals surface area contributed by atoms with E-state index < -0.39 is 0 Å². The monoisotopic (exact) mass is 419 g/mol. The van der Waals surface area contributed by atoms with Crippen LogP contribution in [0, 0.1) is 12.5 Å². The maximum Gasteiger partial charge on any atom is 0.337 e. The van der Waals surface area contributed by atoms with Crippen molar-refractivity contribution in [3.05, 3.63) is 36.8 Å². The third kappa shape index (κ3) is 5.54. The summed E-state index contributed by atoms with van der Waals surface area (Å²) in [6, 6.07) is 10.4. The van der Waals surface area contributed by atoms with Gasteiger partial charge in [-0.1, -0.05) is 7.43 Å². The van der Waals surface area contributed by atoms with Crippen LogP contribution in [0.4, 0.5) is 10.5 Å². The summed E-state index contributed by atoms with van der Waals surface area (Å²) in [6.07, 6.45) is 2.00. The van der Waals surface area contributed by atoms with E-state index in [1.54, 1.807) is 5.01 Å². The number of likely N-dealkylation sites (N-methyl/N-ethyl adjacent to an activating group) is 2. The predicted octanol–water partition coefficient (Wildman–Crippen LogP) is 4.25. The van der Waals surface area contributed by atoms with E-state index in [0.29, 0.717) is 0 Å². The summed E-state index contributed by atoms with van der Waals surface area (Å²) < 4.78 is 0. The van der Waals surface area contributed by atoms with E-state index in [0.717, 1.165) is 5.69 Å². The topological polar surface area (TPSA) is 26.8 Å². The van der Waals surface area contributed by atoms with Gasteiger partial charge in [-0.2, -0.15) is 32.0 Å². The Labute approximate surface area is 182 Å². The smallest absolute Gasteiger partial charge is 0.335 e. The molecule has 0 aromatic heterocycles. The van der Waals surface area contributed by atoms with Gasteiger partial charge in [-0.3, -0.25) is 0 Å². The minimum absolute atomic E-state index is 0. The first-order valence-corrected chi connectivity index (χ1v) is 7.64. The van der Waals surface area contributed by atoms with Gasteiger partial charge in [-0.15, -0.1) is 12.1 Å². The van der Waals surface area contributed by atoms with Gasteiger partial charge in [0.15, 0.2) is 0 Å². The number of anilines is 1. The fourth-order valence-electron chi connectivity index (χ4n) is 2.37. The zero-order valence-electron chi connectivity index (χ0n) is 16.3. The molecule has 1 fully saturated rings. The molecule has 0 unspecified atom stereocenters. The predicted molar refractivity (Wildman–Crippen MR) is 105 cm³/mol. The van der Waals surface area contributed by atoms with Crippen LogP contribution in [-0.4, -0.2) is 49.5 Å². The van der Waals surface area contributed by atoms with Crippen molar-refractivity contribution in [1.29, 1.82) is 0 Å². The second-order valence-corrected chi connectivity index (χ2v) is 6.63. The van der Waals surface area contributed by atoms with E-state index in [1.807, 2.05) is 68.5 Å². The molecule has 0 atom stereocenters. The van der Waals surface area contributed by atoms with Crippen molar-refractivity contribution in [3.63, 3.8) is 0 Å². The SMILES string of the molecule is C.CN1C(=O)N(c2cc[c-]cc2)N(C)C(C)(C)C1(C)C.C[CH-]C.[B].[Y]. The van der Waals surface area contributed by atoms with Gasteiger partial charge in [0.05, 0.1) is 11.1 Å². The maximum absolute atomic E-state index is 12.6. The third-order valence-corrected chi connectivity index (χ3v) is 4.86. The normalized spacial score (nSPS) is 18.0. The largest absolute Gasteiger partial charge is 0.337 e. The summed E-state index contributed by atoms with van der Waals surface area (Å²) in [5, 5.41) is 3.74. The van der Waals surface area contributed by atoms with Gasteiger partial charge < -0.3 is 11.3 Å². The number of nitrogens with zero attached hydrogens (tertiary/aromatic N) is 3. The summed E-state index contributed by atoms with van der Waals surface area (Å²) in [5.41, 5.74) is 0.424. The Morgan fingerprint density at radius 2 is 1.40 bits per heavy atom. The number of carbonyl (C=O) groups excluding carboxylic acids is 1. The van der Waals surface area contributed by atoms with Gasteiger partial charge in [0.2, 0.25) is 0 Å². The van der Waals surface area contributed by atoms with Crippen molar-refractivity contribution in [2.45, 2.75) is 60.0 Å². The van der Waals surface area contributed by atoms with Crippen molar-refractivity contribution >= 4 is 20.1 Å². The van der Waals surface area contributed by atoms with Crippen LogP contribution in [0.2, 0.25) is 0 Å². The molecule has 2 rings (SSSR count). The van der Waals surface area contributed by atoms with Crippen LogP contribution in [-0.2, 0) is 32.7 Å². The van der Waals surface area contributed by atoms with Crippen LogP contribution >= 0.6 is 0 Å². The number of rotatable bonds is 1. The van der Waals surface area contributed by atoms with Crippen LogP contribution in [0.3, 0.4) is 0 Å². The third-order valence-electron chi connectivity index (χ3n) is 4.86. The zero-order valence-corrected chi connectivity index (χ0v) is 19.1. The van der Waals surface area contributed by atoms with Crippen molar-refractivity contribution in [1.82, 2.24) is 9.91 Å². The summed E-state index contributed by atoms with van der Waals surface area (Å²) in [5.74, 6) is 0. The standard InChI is InChI=1S/C15H22N3O.C3H7.CH4.B.Y/c1-14(2)15(3,4)17(6)18(13(19)16(14)5)12-10-8-7-9-11-12;1-3-2;;;/h8-11H,1-6H3;3H,1-2H3;1H4;;/q2*-1;;;. The summed E-state index contributed by atoms with van der Waals surface area (Å²) in [6.45, 7) is 12.5. The molecule has 4 nitrogen and oxygen atoms in total. The molecular weight excluding hydrogens is 386 g/mol. The van der Waals surface area contributed by atoms with Crippen LogP contribution in [0.25, 0.3) is 0 Å². The number of amides is 2. The molecule has 1 heterocycles. The fourth-order valence-corrected chi connectivity index (χ4v) is 2.37. The summed E-state index contributed by atoms with van der Waals surface area (Å²) in [4.78, 5) is 14.4. The van der Waals surface area contributed by atoms with E-state index in [9.17, 15) is 4.79 Å². The van der Waals surface area contributed by atoms with E-state index in [1.165, 1.54) is 0 Å². The quantitative estimate of drug-likeness (QED) is 0.503. The molecule has 0 N–H and O–H groups in total. The molecule has 138 valence electrons. The Hall–Kier alpha value is -0.381. The first-order valence-electron chi connectivity index (χ1n) is 7.64. The Morgan fingerprint density at radius 3 is 1.80 bits per heavy atom. The average Bonchev–Trinajstić information content (AvgIpc) is 2.47. The molecule has 1 aromatic carbocycles. The molecule has 0 aliphatic carbocycles. The minimum Gasteiger partial charge on any atom is -0.335 e. The Kier molecular flexibility index (Phi) is 13.3. The van der Waals surface area contributed by atoms with E-state index >= 15 is 0 Å². The zero-order chi connectivity index (χ0) is 17.1. The van der Waals surface area contributed by atoms with Gasteiger partial charge in [-0.05, 0) is 33.4 Å². The van der Waals surface area contributed by atoms with Crippen molar-refractivity contribution < 1.29 is 37.5 Å². The Morgan fingerprint density at radius 1 is 1.00 bits per heavy atom. The Bertz CT molecular complexity index is 509. The van der Waals surface area contributed by atoms with E-state index in [4.69, 9.17) is 0 Å². The van der Waals surface area contributed by atoms with E-state index in [-0.39, 0.29) is 65.7 Å². The van der Waals surface area contributed by atoms with Crippen LogP contribution in [0.15, 0.2) is 24.3 Å². The molecule has 1 aliphatic heterocycles. The number of hydrogen-bond donors (Lipinski definition) is 0. The number of hydrazine groups is 1. The van der Waals surface area contributed by atoms with Gasteiger partial charge in [0.25, 0.3) is 0 Å². The van der Waals surface area contributed by atoms with Crippen LogP contribution in [0.1, 0.15) is 49.0 Å². The molecule has 4 radical (unpaired) electrons. The number of hydrogen-bond acceptors (Lipinski definition) is 2. The van der Waals surface area contributed by atoms with Gasteiger partial charge in [0.1, 0.15) is 0 Å². The summed E-state index contributed by atoms with van der Waals surface area (Å²) in [7, 11) is 3.82. The average molecular weight is 419 g/mol. The molecular formula is C19H33BN3OY-2. The molecule has 0 spiro atoms. The minimum atomic E-state index is -0.254. The maximum atomic E-state index is 12.6. The molecule has 1 aliphatic rings. The van der Waals surface area contributed by atoms with Crippen molar-refractivity contribution in [2.75, 3.05) is 19.1 Å². The van der Waals surface area contributed by atoms with E-state index in [2.05, 4.69) is 33.8 Å². The molecule has 1 aromatic rings. The summed E-state index contributed by atoms with van der Waals surface area (Å²) >= 11 is 0. The first-order chi connectivity index (χ1) is 10.1. The molecule has 0 saturated carbocycles. The van der Waals surface area contributed by atoms with Crippen LogP contribution in [0.5, 0.6) is 0 Å². The molecule has 25 heavy (non-hydrogen) atoms. The molecule has 6 heteroatoms. The van der Waals surface area contributed by atoms with Crippen molar-refractivity contribution in [3.8, 4) is 0 Å². The number of carbonyl (C=O) groups is 1. The molecule has 2 amide bonds. The second-order valence-electron chi connectivity index (χ2n) is 6.63. The second kappa shape index (κ2) is 11.4. The van der Waals surface area contributed by atoms with Gasteiger partial charge in [0, 0.05) is 55.2 Å². The van der Waals surface area contributed by atoms with Gasteiger partial charge >= 0.3 is 6.03 Å². The van der Waals surface area contributed by atoms with Crippen molar-refractivity contribution in [2.24, 2.45) is 0 Å². The molecule has 0 bridgehead atoms. The number of urea groups is 1. The Balaban J connectivity index is -0.000000753. The fraction of sp³-hybridized carbons (Fsp3) is 0.579.